The number of hydrogen-bond donors (Lipinski definition) is 1. The lowest BCUT2D eigenvalue weighted by atomic mass is 9.96. The summed E-state index contributed by atoms with van der Waals surface area (Å²) in [4.78, 5) is 28.2. The number of aliphatic carboxylic acids is 1. The highest BCUT2D eigenvalue weighted by molar-refractivity contribution is 8.26. The summed E-state index contributed by atoms with van der Waals surface area (Å²) >= 11 is 6.56. The van der Waals surface area contributed by atoms with Gasteiger partial charge >= 0.3 is 5.97 Å². The smallest absolute Gasteiger partial charge is 0.305 e. The van der Waals surface area contributed by atoms with Crippen molar-refractivity contribution in [1.29, 1.82) is 0 Å². The van der Waals surface area contributed by atoms with Gasteiger partial charge in [0, 0.05) is 29.9 Å². The van der Waals surface area contributed by atoms with Gasteiger partial charge in [-0.3, -0.25) is 14.5 Å². The summed E-state index contributed by atoms with van der Waals surface area (Å²) < 4.78 is 11.1. The number of rotatable bonds is 8. The van der Waals surface area contributed by atoms with Gasteiger partial charge < -0.3 is 19.5 Å². The lowest BCUT2D eigenvalue weighted by Gasteiger charge is -2.27. The maximum Gasteiger partial charge on any atom is 0.305 e. The zero-order valence-corrected chi connectivity index (χ0v) is 23.1. The molecule has 0 aromatic heterocycles. The van der Waals surface area contributed by atoms with E-state index in [2.05, 4.69) is 29.2 Å². The van der Waals surface area contributed by atoms with E-state index < -0.39 is 5.97 Å². The Labute approximate surface area is 242 Å². The molecular weight excluding hydrogens is 544 g/mol. The molecule has 2 fully saturated rings. The van der Waals surface area contributed by atoms with Gasteiger partial charge in [-0.25, -0.2) is 0 Å². The van der Waals surface area contributed by atoms with Crippen LogP contribution in [0, 0.1) is 7.11 Å². The van der Waals surface area contributed by atoms with Gasteiger partial charge in [0.1, 0.15) is 21.6 Å². The van der Waals surface area contributed by atoms with Crippen molar-refractivity contribution in [2.45, 2.75) is 37.6 Å². The maximum atomic E-state index is 12.9. The number of ether oxygens (including phenoxy) is 2. The van der Waals surface area contributed by atoms with Crippen molar-refractivity contribution in [3.8, 4) is 17.2 Å². The topological polar surface area (TPSA) is 79.3 Å². The van der Waals surface area contributed by atoms with Crippen LogP contribution in [0.5, 0.6) is 17.2 Å². The van der Waals surface area contributed by atoms with E-state index >= 15 is 0 Å². The molecule has 2 aliphatic heterocycles. The summed E-state index contributed by atoms with van der Waals surface area (Å²) in [6.07, 6.45) is 5.14. The molecule has 3 aromatic rings. The van der Waals surface area contributed by atoms with Gasteiger partial charge in [0.2, 0.25) is 0 Å². The number of anilines is 2. The predicted molar refractivity (Wildman–Crippen MR) is 159 cm³/mol. The van der Waals surface area contributed by atoms with E-state index in [1.807, 2.05) is 36.4 Å². The third-order valence-electron chi connectivity index (χ3n) is 7.55. The molecule has 2 unspecified atom stereocenters. The Morgan fingerprint density at radius 1 is 1.05 bits per heavy atom. The Hall–Kier alpha value is -3.82. The molecule has 40 heavy (non-hydrogen) atoms. The minimum atomic E-state index is -0.956. The summed E-state index contributed by atoms with van der Waals surface area (Å²) in [7, 11) is 5.19. The van der Waals surface area contributed by atoms with Gasteiger partial charge in [-0.15, -0.1) is 0 Å². The Morgan fingerprint density at radius 3 is 2.45 bits per heavy atom. The van der Waals surface area contributed by atoms with E-state index in [-0.39, 0.29) is 18.9 Å². The monoisotopic (exact) mass is 570 g/mol. The number of carbonyl (C=O) groups excluding carboxylic acids is 1. The Morgan fingerprint density at radius 2 is 1.75 bits per heavy atom. The third kappa shape index (κ3) is 5.07. The number of fused-ring (bicyclic) bond motifs is 3. The zero-order valence-electron chi connectivity index (χ0n) is 21.5. The molecule has 1 amide bonds. The first-order chi connectivity index (χ1) is 19.4. The molecule has 2 radical (unpaired) electrons. The molecule has 202 valence electrons. The zero-order chi connectivity index (χ0) is 27.8. The normalized spacial score (nSPS) is 20.7. The van der Waals surface area contributed by atoms with Crippen LogP contribution in [0.2, 0.25) is 0 Å². The lowest BCUT2D eigenvalue weighted by molar-refractivity contribution is -0.137. The summed E-state index contributed by atoms with van der Waals surface area (Å²) in [5.41, 5.74) is 4.54. The number of nitrogens with zero attached hydrogens (tertiary/aromatic N) is 2. The second-order valence-electron chi connectivity index (χ2n) is 9.96. The van der Waals surface area contributed by atoms with Crippen LogP contribution in [0.1, 0.15) is 42.7 Å². The third-order valence-corrected chi connectivity index (χ3v) is 8.93. The van der Waals surface area contributed by atoms with E-state index in [0.717, 1.165) is 29.8 Å². The van der Waals surface area contributed by atoms with E-state index in [0.29, 0.717) is 32.7 Å². The average molecular weight is 571 g/mol. The van der Waals surface area contributed by atoms with Crippen LogP contribution >= 0.6 is 24.0 Å². The first kappa shape index (κ1) is 26.4. The second kappa shape index (κ2) is 11.0. The Balaban J connectivity index is 1.23. The SMILES string of the molecule is [CH]Oc1ccc(Oc2ccc(N3c4ccc(/C=C5\SC(=S)N(CCC(=O)O)C5=O)cc4C4CCCC43)cc2)cc1. The van der Waals surface area contributed by atoms with Crippen LogP contribution in [0.15, 0.2) is 71.6 Å². The lowest BCUT2D eigenvalue weighted by Crippen LogP contribution is -2.30. The van der Waals surface area contributed by atoms with Gasteiger partial charge in [-0.05, 0) is 90.7 Å². The summed E-state index contributed by atoms with van der Waals surface area (Å²) in [5, 5.41) is 8.99. The number of thioether (sulfide) groups is 1. The molecular formula is C31H26N2O5S2. The fourth-order valence-electron chi connectivity index (χ4n) is 5.75. The van der Waals surface area contributed by atoms with E-state index in [1.165, 1.54) is 34.3 Å². The van der Waals surface area contributed by atoms with Crippen LogP contribution in [0.4, 0.5) is 11.4 Å². The van der Waals surface area contributed by atoms with Crippen molar-refractivity contribution in [3.05, 3.63) is 89.9 Å². The van der Waals surface area contributed by atoms with Gasteiger partial charge in [-0.2, -0.15) is 0 Å². The largest absolute Gasteiger partial charge is 0.482 e. The Kier molecular flexibility index (Phi) is 7.25. The highest BCUT2D eigenvalue weighted by Gasteiger charge is 2.42. The highest BCUT2D eigenvalue weighted by Crippen LogP contribution is 2.52. The molecule has 1 saturated carbocycles. The average Bonchev–Trinajstić information content (AvgIpc) is 3.62. The summed E-state index contributed by atoms with van der Waals surface area (Å²) in [6.45, 7) is 0.0829. The van der Waals surface area contributed by atoms with E-state index in [1.54, 1.807) is 12.1 Å². The van der Waals surface area contributed by atoms with Crippen LogP contribution < -0.4 is 14.4 Å². The number of carbonyl (C=O) groups is 2. The molecule has 0 spiro atoms. The van der Waals surface area contributed by atoms with Gasteiger partial charge in [-0.1, -0.05) is 36.5 Å². The number of amides is 1. The van der Waals surface area contributed by atoms with E-state index in [9.17, 15) is 9.59 Å². The number of carboxylic acids is 1. The van der Waals surface area contributed by atoms with Crippen LogP contribution in [0.3, 0.4) is 0 Å². The van der Waals surface area contributed by atoms with Crippen molar-refractivity contribution >= 4 is 57.6 Å². The molecule has 1 saturated heterocycles. The summed E-state index contributed by atoms with van der Waals surface area (Å²) in [6, 6.07) is 22.0. The fraction of sp³-hybridized carbons (Fsp3) is 0.226. The van der Waals surface area contributed by atoms with Gasteiger partial charge in [0.25, 0.3) is 5.91 Å². The van der Waals surface area contributed by atoms with Crippen molar-refractivity contribution < 1.29 is 24.2 Å². The molecule has 1 N–H and O–H groups in total. The van der Waals surface area contributed by atoms with Crippen LogP contribution in [-0.2, 0) is 9.59 Å². The number of thiocarbonyl (C=S) groups is 1. The standard InChI is InChI=1S/C31H26N2O5S2/c1-37-21-10-12-23(13-11-21)38-22-8-6-20(7-9-22)33-26-4-2-3-24(26)25-17-19(5-14-27(25)33)18-28-30(36)32(31(39)40-28)16-15-29(34)35/h1,5-14,17-18,24,26H,2-4,15-16H2,(H,34,35)/b28-18-. The van der Waals surface area contributed by atoms with Crippen LogP contribution in [0.25, 0.3) is 6.08 Å². The minimum absolute atomic E-state index is 0.0829. The van der Waals surface area contributed by atoms with Crippen molar-refractivity contribution in [2.75, 3.05) is 11.4 Å². The molecule has 3 aliphatic rings. The van der Waals surface area contributed by atoms with Gasteiger partial charge in [0.05, 0.1) is 11.3 Å². The van der Waals surface area contributed by atoms with E-state index in [4.69, 9.17) is 33.9 Å². The molecule has 2 heterocycles. The molecule has 7 nitrogen and oxygen atoms in total. The van der Waals surface area contributed by atoms with Crippen molar-refractivity contribution in [2.24, 2.45) is 0 Å². The number of benzene rings is 3. The quantitative estimate of drug-likeness (QED) is 0.229. The van der Waals surface area contributed by atoms with Crippen LogP contribution in [-0.4, -0.2) is 38.8 Å². The highest BCUT2D eigenvalue weighted by atomic mass is 32.2. The second-order valence-corrected chi connectivity index (χ2v) is 11.6. The fourth-order valence-corrected chi connectivity index (χ4v) is 7.06. The molecule has 6 rings (SSSR count). The molecule has 3 aromatic carbocycles. The Bertz CT molecular complexity index is 1500. The van der Waals surface area contributed by atoms with Crippen molar-refractivity contribution in [3.63, 3.8) is 0 Å². The first-order valence-electron chi connectivity index (χ1n) is 13.1. The first-order valence-corrected chi connectivity index (χ1v) is 14.3. The minimum Gasteiger partial charge on any atom is -0.482 e. The molecule has 1 aliphatic carbocycles. The number of carboxylic acid groups (broad SMARTS) is 1. The van der Waals surface area contributed by atoms with Gasteiger partial charge in [0.15, 0.2) is 7.11 Å². The molecule has 0 bridgehead atoms. The molecule has 2 atom stereocenters. The van der Waals surface area contributed by atoms with Crippen molar-refractivity contribution in [1.82, 2.24) is 4.90 Å². The molecule has 9 heteroatoms. The maximum absolute atomic E-state index is 12.9. The summed E-state index contributed by atoms with van der Waals surface area (Å²) in [5.74, 6) is 1.24. The predicted octanol–water partition coefficient (Wildman–Crippen LogP) is 6.99. The number of hydrogen-bond acceptors (Lipinski definition) is 7.